The van der Waals surface area contributed by atoms with Crippen LogP contribution >= 0.6 is 0 Å². The summed E-state index contributed by atoms with van der Waals surface area (Å²) in [5, 5.41) is 7.81. The van der Waals surface area contributed by atoms with E-state index in [9.17, 15) is 0 Å². The van der Waals surface area contributed by atoms with E-state index in [0.717, 1.165) is 35.5 Å². The monoisotopic (exact) mass is 324 g/mol. The van der Waals surface area contributed by atoms with Crippen LogP contribution in [-0.2, 0) is 0 Å². The summed E-state index contributed by atoms with van der Waals surface area (Å²) in [4.78, 5) is 4.61. The van der Waals surface area contributed by atoms with Crippen molar-refractivity contribution in [2.75, 3.05) is 19.8 Å². The lowest BCUT2D eigenvalue weighted by Crippen LogP contribution is -2.31. The molecule has 24 heavy (non-hydrogen) atoms. The third-order valence-corrected chi connectivity index (χ3v) is 4.15. The highest BCUT2D eigenvalue weighted by atomic mass is 16.5. The molecule has 0 fully saturated rings. The van der Waals surface area contributed by atoms with E-state index in [1.54, 1.807) is 4.52 Å². The molecule has 1 aliphatic rings. The van der Waals surface area contributed by atoms with Gasteiger partial charge in [0.1, 0.15) is 12.4 Å². The quantitative estimate of drug-likeness (QED) is 0.688. The van der Waals surface area contributed by atoms with Crippen molar-refractivity contribution in [2.45, 2.75) is 19.4 Å². The van der Waals surface area contributed by atoms with E-state index < -0.39 is 0 Å². The number of aromatic nitrogens is 3. The molecule has 3 aromatic rings. The Morgan fingerprint density at radius 3 is 3.12 bits per heavy atom. The van der Waals surface area contributed by atoms with Gasteiger partial charge in [-0.1, -0.05) is 12.1 Å². The summed E-state index contributed by atoms with van der Waals surface area (Å²) in [6.07, 6.45) is 4.64. The van der Waals surface area contributed by atoms with Crippen molar-refractivity contribution in [3.8, 4) is 22.8 Å². The Kier molecular flexibility index (Phi) is 4.04. The van der Waals surface area contributed by atoms with Crippen molar-refractivity contribution < 1.29 is 9.47 Å². The minimum Gasteiger partial charge on any atom is -0.494 e. The van der Waals surface area contributed by atoms with E-state index >= 15 is 0 Å². The Hall–Kier alpha value is -2.60. The summed E-state index contributed by atoms with van der Waals surface area (Å²) in [6.45, 7) is 4.17. The highest BCUT2D eigenvalue weighted by Crippen LogP contribution is 2.27. The second-order valence-electron chi connectivity index (χ2n) is 5.96. The van der Waals surface area contributed by atoms with E-state index in [1.165, 1.54) is 0 Å². The number of ether oxygens (including phenoxy) is 2. The van der Waals surface area contributed by atoms with Gasteiger partial charge in [0.15, 0.2) is 5.65 Å². The van der Waals surface area contributed by atoms with Gasteiger partial charge in [0.05, 0.1) is 12.8 Å². The fourth-order valence-electron chi connectivity index (χ4n) is 2.81. The summed E-state index contributed by atoms with van der Waals surface area (Å²) in [7, 11) is 0. The molecule has 0 aliphatic carbocycles. The summed E-state index contributed by atoms with van der Waals surface area (Å²) in [5.74, 6) is 1.47. The number of hydrogen-bond acceptors (Lipinski definition) is 5. The molecule has 1 unspecified atom stereocenters. The first-order valence-corrected chi connectivity index (χ1v) is 8.23. The van der Waals surface area contributed by atoms with Crippen molar-refractivity contribution in [1.29, 1.82) is 0 Å². The largest absolute Gasteiger partial charge is 0.494 e. The predicted octanol–water partition coefficient (Wildman–Crippen LogP) is 2.54. The van der Waals surface area contributed by atoms with Crippen molar-refractivity contribution in [3.63, 3.8) is 0 Å². The highest BCUT2D eigenvalue weighted by Gasteiger charge is 2.11. The van der Waals surface area contributed by atoms with E-state index in [-0.39, 0.29) is 0 Å². The highest BCUT2D eigenvalue weighted by molar-refractivity contribution is 5.77. The summed E-state index contributed by atoms with van der Waals surface area (Å²) >= 11 is 0. The normalized spacial score (nSPS) is 18.5. The number of hydrogen-bond donors (Lipinski definition) is 1. The van der Waals surface area contributed by atoms with Crippen LogP contribution < -0.4 is 14.8 Å². The fraction of sp³-hybridized carbons (Fsp3) is 0.333. The molecule has 6 heteroatoms. The van der Waals surface area contributed by atoms with Crippen LogP contribution in [0.2, 0.25) is 0 Å². The third-order valence-electron chi connectivity index (χ3n) is 4.15. The average molecular weight is 324 g/mol. The lowest BCUT2D eigenvalue weighted by Gasteiger charge is -2.14. The van der Waals surface area contributed by atoms with Crippen molar-refractivity contribution in [3.05, 3.63) is 42.7 Å². The maximum Gasteiger partial charge on any atom is 0.216 e. The first kappa shape index (κ1) is 15.0. The van der Waals surface area contributed by atoms with Crippen LogP contribution in [0.15, 0.2) is 42.7 Å². The molecule has 0 saturated heterocycles. The molecule has 4 rings (SSSR count). The van der Waals surface area contributed by atoms with Gasteiger partial charge in [-0.05, 0) is 31.0 Å². The van der Waals surface area contributed by atoms with E-state index in [0.29, 0.717) is 25.1 Å². The molecule has 0 radical (unpaired) electrons. The van der Waals surface area contributed by atoms with Gasteiger partial charge in [-0.2, -0.15) is 10.1 Å². The number of fused-ring (bicyclic) bond motifs is 4. The van der Waals surface area contributed by atoms with Gasteiger partial charge in [-0.25, -0.2) is 4.52 Å². The van der Waals surface area contributed by atoms with Crippen LogP contribution in [0.25, 0.3) is 16.8 Å². The molecular formula is C18H20N4O2. The SMILES string of the molecule is CC1CCOc2cccc(c2)-c2cnn3ccc(nc23)OCCN1. The molecule has 124 valence electrons. The molecule has 1 atom stereocenters. The maximum absolute atomic E-state index is 5.90. The number of nitrogens with zero attached hydrogens (tertiary/aromatic N) is 3. The Bertz CT molecular complexity index is 846. The fourth-order valence-corrected chi connectivity index (χ4v) is 2.81. The predicted molar refractivity (Wildman–Crippen MR) is 91.5 cm³/mol. The molecule has 6 nitrogen and oxygen atoms in total. The standard InChI is InChI=1S/C18H20N4O2/c1-13-6-9-23-15-4-2-3-14(11-15)16-12-20-22-8-5-17(21-18(16)22)24-10-7-19-13/h2-5,8,11-13,19H,6-7,9-10H2,1H3. The summed E-state index contributed by atoms with van der Waals surface area (Å²) < 4.78 is 13.4. The number of benzene rings is 1. The van der Waals surface area contributed by atoms with Crippen LogP contribution in [0, 0.1) is 0 Å². The van der Waals surface area contributed by atoms with Gasteiger partial charge in [-0.3, -0.25) is 0 Å². The van der Waals surface area contributed by atoms with E-state index in [2.05, 4.69) is 22.3 Å². The summed E-state index contributed by atoms with van der Waals surface area (Å²) in [6, 6.07) is 10.3. The summed E-state index contributed by atoms with van der Waals surface area (Å²) in [5.41, 5.74) is 2.78. The van der Waals surface area contributed by atoms with Crippen LogP contribution in [0.3, 0.4) is 0 Å². The van der Waals surface area contributed by atoms with E-state index in [4.69, 9.17) is 9.47 Å². The lowest BCUT2D eigenvalue weighted by atomic mass is 10.1. The van der Waals surface area contributed by atoms with Crippen molar-refractivity contribution in [1.82, 2.24) is 19.9 Å². The topological polar surface area (TPSA) is 60.7 Å². The Morgan fingerprint density at radius 2 is 2.17 bits per heavy atom. The van der Waals surface area contributed by atoms with Crippen LogP contribution in [0.4, 0.5) is 0 Å². The van der Waals surface area contributed by atoms with Crippen LogP contribution in [0.1, 0.15) is 13.3 Å². The van der Waals surface area contributed by atoms with E-state index in [1.807, 2.05) is 42.7 Å². The lowest BCUT2D eigenvalue weighted by molar-refractivity contribution is 0.271. The minimum absolute atomic E-state index is 0.372. The van der Waals surface area contributed by atoms with Gasteiger partial charge in [0.25, 0.3) is 0 Å². The average Bonchev–Trinajstić information content (AvgIpc) is 3.01. The minimum atomic E-state index is 0.372. The van der Waals surface area contributed by atoms with Crippen molar-refractivity contribution >= 4 is 5.65 Å². The third kappa shape index (κ3) is 3.05. The van der Waals surface area contributed by atoms with Gasteiger partial charge in [0, 0.05) is 30.4 Å². The Balaban J connectivity index is 1.76. The number of nitrogens with one attached hydrogen (secondary N) is 1. The second kappa shape index (κ2) is 6.49. The van der Waals surface area contributed by atoms with Crippen molar-refractivity contribution in [2.24, 2.45) is 0 Å². The molecule has 1 aromatic carbocycles. The first-order valence-electron chi connectivity index (χ1n) is 8.23. The van der Waals surface area contributed by atoms with Gasteiger partial charge in [-0.15, -0.1) is 0 Å². The van der Waals surface area contributed by atoms with Crippen LogP contribution in [-0.4, -0.2) is 40.4 Å². The van der Waals surface area contributed by atoms with Gasteiger partial charge < -0.3 is 14.8 Å². The molecule has 1 aliphatic heterocycles. The van der Waals surface area contributed by atoms with Crippen LogP contribution in [0.5, 0.6) is 11.6 Å². The molecule has 3 heterocycles. The number of rotatable bonds is 0. The molecule has 0 spiro atoms. The Labute approximate surface area is 140 Å². The zero-order valence-electron chi connectivity index (χ0n) is 13.6. The molecule has 2 aromatic heterocycles. The molecule has 0 amide bonds. The Morgan fingerprint density at radius 1 is 1.21 bits per heavy atom. The second-order valence-corrected chi connectivity index (χ2v) is 5.96. The smallest absolute Gasteiger partial charge is 0.216 e. The molecule has 1 N–H and O–H groups in total. The molecule has 4 bridgehead atoms. The molecular weight excluding hydrogens is 304 g/mol. The molecule has 0 saturated carbocycles. The van der Waals surface area contributed by atoms with Gasteiger partial charge >= 0.3 is 0 Å². The zero-order valence-corrected chi connectivity index (χ0v) is 13.6. The maximum atomic E-state index is 5.90. The first-order chi connectivity index (χ1) is 11.8. The van der Waals surface area contributed by atoms with Gasteiger partial charge in [0.2, 0.25) is 5.88 Å². The zero-order chi connectivity index (χ0) is 16.4.